The minimum atomic E-state index is -0.235. The van der Waals surface area contributed by atoms with Gasteiger partial charge in [-0.2, -0.15) is 0 Å². The maximum absolute atomic E-state index is 11.5. The molecule has 0 bridgehead atoms. The molecule has 0 aliphatic rings. The van der Waals surface area contributed by atoms with Gasteiger partial charge in [-0.05, 0) is 0 Å². The molecule has 0 aromatic rings. The molecule has 15 heavy (non-hydrogen) atoms. The quantitative estimate of drug-likeness (QED) is 0.476. The summed E-state index contributed by atoms with van der Waals surface area (Å²) in [6, 6.07) is 0. The lowest BCUT2D eigenvalue weighted by Gasteiger charge is -2.20. The van der Waals surface area contributed by atoms with Gasteiger partial charge in [-0.25, -0.2) is 0 Å². The molecule has 0 rings (SSSR count). The number of aliphatic hydroxyl groups excluding tert-OH is 2. The van der Waals surface area contributed by atoms with Crippen LogP contribution in [0.2, 0.25) is 0 Å². The van der Waals surface area contributed by atoms with Crippen LogP contribution in [-0.2, 0) is 9.59 Å². The Labute approximate surface area is 88.9 Å². The fourth-order valence-corrected chi connectivity index (χ4v) is 1.11. The number of carbonyl (C=O) groups excluding carboxylic acids is 2. The number of carbonyl (C=O) groups is 2. The molecule has 0 unspecified atom stereocenters. The van der Waals surface area contributed by atoms with Gasteiger partial charge in [0.05, 0.1) is 13.2 Å². The summed E-state index contributed by atoms with van der Waals surface area (Å²) in [4.78, 5) is 23.7. The second kappa shape index (κ2) is 8.19. The van der Waals surface area contributed by atoms with E-state index in [-0.39, 0.29) is 51.0 Å². The Morgan fingerprint density at radius 3 is 2.07 bits per heavy atom. The Hall–Kier alpha value is -1.14. The van der Waals surface area contributed by atoms with Crippen LogP contribution < -0.4 is 5.32 Å². The average Bonchev–Trinajstić information content (AvgIpc) is 2.25. The Morgan fingerprint density at radius 1 is 1.13 bits per heavy atom. The molecule has 3 N–H and O–H groups in total. The molecule has 0 aromatic heterocycles. The Kier molecular flexibility index (Phi) is 7.57. The largest absolute Gasteiger partial charge is 0.395 e. The number of amides is 2. The van der Waals surface area contributed by atoms with E-state index >= 15 is 0 Å². The SMILES string of the molecule is CNC(=O)CCC(=O)N(CCO)CCO. The van der Waals surface area contributed by atoms with E-state index in [1.807, 2.05) is 0 Å². The molecular formula is C9H18N2O4. The lowest BCUT2D eigenvalue weighted by atomic mass is 10.2. The summed E-state index contributed by atoms with van der Waals surface area (Å²) in [5, 5.41) is 19.8. The van der Waals surface area contributed by atoms with E-state index < -0.39 is 0 Å². The highest BCUT2D eigenvalue weighted by atomic mass is 16.3. The van der Waals surface area contributed by atoms with Crippen molar-refractivity contribution in [2.24, 2.45) is 0 Å². The van der Waals surface area contributed by atoms with Crippen LogP contribution in [0.1, 0.15) is 12.8 Å². The molecule has 6 heteroatoms. The lowest BCUT2D eigenvalue weighted by molar-refractivity contribution is -0.134. The van der Waals surface area contributed by atoms with Gasteiger partial charge in [-0.3, -0.25) is 9.59 Å². The molecule has 2 amide bonds. The van der Waals surface area contributed by atoms with Gasteiger partial charge in [0.25, 0.3) is 0 Å². The summed E-state index contributed by atoms with van der Waals surface area (Å²) in [5.41, 5.74) is 0. The molecule has 6 nitrogen and oxygen atoms in total. The molecule has 0 saturated carbocycles. The Balaban J connectivity index is 3.96. The van der Waals surface area contributed by atoms with E-state index in [1.165, 1.54) is 11.9 Å². The first-order valence-electron chi connectivity index (χ1n) is 4.85. The zero-order chi connectivity index (χ0) is 11.7. The molecule has 0 heterocycles. The first kappa shape index (κ1) is 13.9. The fourth-order valence-electron chi connectivity index (χ4n) is 1.11. The van der Waals surface area contributed by atoms with Crippen LogP contribution in [0.3, 0.4) is 0 Å². The van der Waals surface area contributed by atoms with Crippen molar-refractivity contribution < 1.29 is 19.8 Å². The average molecular weight is 218 g/mol. The maximum Gasteiger partial charge on any atom is 0.223 e. The summed E-state index contributed by atoms with van der Waals surface area (Å²) in [6.07, 6.45) is 0.225. The monoisotopic (exact) mass is 218 g/mol. The maximum atomic E-state index is 11.5. The molecule has 0 aliphatic carbocycles. The van der Waals surface area contributed by atoms with Crippen molar-refractivity contribution in [3.05, 3.63) is 0 Å². The van der Waals surface area contributed by atoms with Crippen molar-refractivity contribution in [2.45, 2.75) is 12.8 Å². The lowest BCUT2D eigenvalue weighted by Crippen LogP contribution is -2.36. The van der Waals surface area contributed by atoms with Gasteiger partial charge in [-0.1, -0.05) is 0 Å². The third-order valence-electron chi connectivity index (χ3n) is 1.94. The van der Waals surface area contributed by atoms with Gasteiger partial charge in [0, 0.05) is 33.0 Å². The summed E-state index contributed by atoms with van der Waals surface area (Å²) in [6.45, 7) is 0.0811. The van der Waals surface area contributed by atoms with Crippen LogP contribution in [0.4, 0.5) is 0 Å². The number of nitrogens with zero attached hydrogens (tertiary/aromatic N) is 1. The summed E-state index contributed by atoms with van der Waals surface area (Å²) < 4.78 is 0. The topological polar surface area (TPSA) is 89.9 Å². The van der Waals surface area contributed by atoms with Crippen LogP contribution >= 0.6 is 0 Å². The van der Waals surface area contributed by atoms with Crippen molar-refractivity contribution >= 4 is 11.8 Å². The molecule has 0 saturated heterocycles. The normalized spacial score (nSPS) is 9.80. The molecule has 0 atom stereocenters. The standard InChI is InChI=1S/C9H18N2O4/c1-10-8(14)2-3-9(15)11(4-6-12)5-7-13/h12-13H,2-7H2,1H3,(H,10,14). The van der Waals surface area contributed by atoms with E-state index in [4.69, 9.17) is 10.2 Å². The van der Waals surface area contributed by atoms with E-state index in [0.717, 1.165) is 0 Å². The fraction of sp³-hybridized carbons (Fsp3) is 0.778. The Bertz CT molecular complexity index is 202. The molecule has 0 fully saturated rings. The molecule has 88 valence electrons. The number of hydrogen-bond donors (Lipinski definition) is 3. The number of hydrogen-bond acceptors (Lipinski definition) is 4. The first-order chi connectivity index (χ1) is 7.15. The van der Waals surface area contributed by atoms with E-state index in [1.54, 1.807) is 0 Å². The van der Waals surface area contributed by atoms with Gasteiger partial charge in [-0.15, -0.1) is 0 Å². The highest BCUT2D eigenvalue weighted by Crippen LogP contribution is 1.97. The van der Waals surface area contributed by atoms with Crippen molar-refractivity contribution in [3.63, 3.8) is 0 Å². The number of rotatable bonds is 7. The summed E-state index contributed by atoms with van der Waals surface area (Å²) in [7, 11) is 1.51. The minimum Gasteiger partial charge on any atom is -0.395 e. The van der Waals surface area contributed by atoms with Crippen molar-refractivity contribution in [1.29, 1.82) is 0 Å². The highest BCUT2D eigenvalue weighted by molar-refractivity contribution is 5.83. The first-order valence-corrected chi connectivity index (χ1v) is 4.85. The van der Waals surface area contributed by atoms with Crippen LogP contribution in [0.5, 0.6) is 0 Å². The third-order valence-corrected chi connectivity index (χ3v) is 1.94. The number of aliphatic hydroxyl groups is 2. The number of nitrogens with one attached hydrogen (secondary N) is 1. The van der Waals surface area contributed by atoms with Gasteiger partial charge in [0.1, 0.15) is 0 Å². The molecule has 0 radical (unpaired) electrons. The van der Waals surface area contributed by atoms with Gasteiger partial charge in [0.15, 0.2) is 0 Å². The van der Waals surface area contributed by atoms with Crippen molar-refractivity contribution in [3.8, 4) is 0 Å². The second-order valence-electron chi connectivity index (χ2n) is 3.00. The Morgan fingerprint density at radius 2 is 1.67 bits per heavy atom. The summed E-state index contributed by atoms with van der Waals surface area (Å²) >= 11 is 0. The highest BCUT2D eigenvalue weighted by Gasteiger charge is 2.13. The predicted octanol–water partition coefficient (Wildman–Crippen LogP) is -1.67. The van der Waals surface area contributed by atoms with E-state index in [0.29, 0.717) is 0 Å². The van der Waals surface area contributed by atoms with Crippen molar-refractivity contribution in [1.82, 2.24) is 10.2 Å². The second-order valence-corrected chi connectivity index (χ2v) is 3.00. The summed E-state index contributed by atoms with van der Waals surface area (Å²) in [5.74, 6) is -0.432. The zero-order valence-electron chi connectivity index (χ0n) is 8.90. The van der Waals surface area contributed by atoms with Gasteiger partial charge >= 0.3 is 0 Å². The van der Waals surface area contributed by atoms with Crippen LogP contribution in [-0.4, -0.2) is 60.3 Å². The predicted molar refractivity (Wildman–Crippen MR) is 54.1 cm³/mol. The van der Waals surface area contributed by atoms with E-state index in [9.17, 15) is 9.59 Å². The third kappa shape index (κ3) is 6.03. The van der Waals surface area contributed by atoms with Gasteiger partial charge in [0.2, 0.25) is 11.8 Å². The zero-order valence-corrected chi connectivity index (χ0v) is 8.90. The van der Waals surface area contributed by atoms with Crippen LogP contribution in [0, 0.1) is 0 Å². The molecular weight excluding hydrogens is 200 g/mol. The van der Waals surface area contributed by atoms with Crippen LogP contribution in [0.15, 0.2) is 0 Å². The van der Waals surface area contributed by atoms with E-state index in [2.05, 4.69) is 5.32 Å². The molecule has 0 spiro atoms. The molecule has 0 aromatic carbocycles. The smallest absolute Gasteiger partial charge is 0.223 e. The van der Waals surface area contributed by atoms with Gasteiger partial charge < -0.3 is 20.4 Å². The molecule has 0 aliphatic heterocycles. The minimum absolute atomic E-state index is 0.0969. The van der Waals surface area contributed by atoms with Crippen molar-refractivity contribution in [2.75, 3.05) is 33.4 Å². The van der Waals surface area contributed by atoms with Crippen LogP contribution in [0.25, 0.3) is 0 Å².